The van der Waals surface area contributed by atoms with Gasteiger partial charge in [0, 0.05) is 17.8 Å². The molecule has 0 unspecified atom stereocenters. The van der Waals surface area contributed by atoms with Gasteiger partial charge in [-0.15, -0.1) is 0 Å². The first-order valence-corrected chi connectivity index (χ1v) is 4.73. The summed E-state index contributed by atoms with van der Waals surface area (Å²) in [6.45, 7) is 0. The number of hydrogen-bond donors (Lipinski definition) is 1. The number of benzene rings is 1. The molecule has 1 aromatic rings. The lowest BCUT2D eigenvalue weighted by molar-refractivity contribution is -0.385. The van der Waals surface area contributed by atoms with Gasteiger partial charge >= 0.3 is 0 Å². The van der Waals surface area contributed by atoms with E-state index in [0.717, 1.165) is 12.1 Å². The first-order valence-electron chi connectivity index (χ1n) is 3.32. The van der Waals surface area contributed by atoms with Gasteiger partial charge in [-0.1, -0.05) is 0 Å². The van der Waals surface area contributed by atoms with Crippen molar-refractivity contribution in [3.63, 3.8) is 0 Å². The summed E-state index contributed by atoms with van der Waals surface area (Å²) in [5.41, 5.74) is 4.38. The molecule has 0 aromatic heterocycles. The highest BCUT2D eigenvalue weighted by Crippen LogP contribution is 2.23. The molecule has 0 spiro atoms. The largest absolute Gasteiger partial charge is 0.744 e. The highest BCUT2D eigenvalue weighted by atomic mass is 32.2. The van der Waals surface area contributed by atoms with Crippen LogP contribution in [0.25, 0.3) is 0 Å². The van der Waals surface area contributed by atoms with Crippen molar-refractivity contribution in [2.24, 2.45) is 0 Å². The van der Waals surface area contributed by atoms with E-state index in [4.69, 9.17) is 5.73 Å². The number of rotatable bonds is 2. The van der Waals surface area contributed by atoms with E-state index < -0.39 is 25.6 Å². The van der Waals surface area contributed by atoms with Crippen molar-refractivity contribution in [1.29, 1.82) is 0 Å². The highest BCUT2D eigenvalue weighted by molar-refractivity contribution is 7.86. The lowest BCUT2D eigenvalue weighted by Crippen LogP contribution is -2.04. The Hall–Kier alpha value is -1.67. The number of nitrogens with two attached hydrogens (primary N) is 1. The molecule has 0 fully saturated rings. The Labute approximate surface area is 79.1 Å². The van der Waals surface area contributed by atoms with Gasteiger partial charge in [0.15, 0.2) is 0 Å². The first-order chi connectivity index (χ1) is 6.32. The number of anilines is 1. The fourth-order valence-electron chi connectivity index (χ4n) is 0.853. The number of nitro groups is 1. The lowest BCUT2D eigenvalue weighted by Gasteiger charge is -2.08. The minimum Gasteiger partial charge on any atom is -0.744 e. The van der Waals surface area contributed by atoms with Crippen LogP contribution in [0.3, 0.4) is 0 Å². The van der Waals surface area contributed by atoms with E-state index in [1.807, 2.05) is 0 Å². The second-order valence-electron chi connectivity index (χ2n) is 2.43. The van der Waals surface area contributed by atoms with E-state index in [0.29, 0.717) is 6.07 Å². The van der Waals surface area contributed by atoms with Crippen LogP contribution >= 0.6 is 0 Å². The molecule has 0 aliphatic heterocycles. The Morgan fingerprint density at radius 1 is 1.36 bits per heavy atom. The van der Waals surface area contributed by atoms with E-state index in [-0.39, 0.29) is 5.69 Å². The molecule has 0 heterocycles. The van der Waals surface area contributed by atoms with Gasteiger partial charge in [0.2, 0.25) is 0 Å². The van der Waals surface area contributed by atoms with Crippen LogP contribution in [-0.2, 0) is 10.1 Å². The van der Waals surface area contributed by atoms with Gasteiger partial charge in [-0.3, -0.25) is 10.1 Å². The molecule has 2 N–H and O–H groups in total. The van der Waals surface area contributed by atoms with Crippen LogP contribution in [0, 0.1) is 10.1 Å². The monoisotopic (exact) mass is 217 g/mol. The van der Waals surface area contributed by atoms with Gasteiger partial charge in [-0.05, 0) is 6.07 Å². The van der Waals surface area contributed by atoms with Gasteiger partial charge in [-0.25, -0.2) is 8.42 Å². The van der Waals surface area contributed by atoms with Crippen molar-refractivity contribution in [1.82, 2.24) is 0 Å². The van der Waals surface area contributed by atoms with Crippen molar-refractivity contribution < 1.29 is 17.9 Å². The molecule has 1 rings (SSSR count). The van der Waals surface area contributed by atoms with Crippen molar-refractivity contribution in [3.8, 4) is 0 Å². The van der Waals surface area contributed by atoms with Crippen molar-refractivity contribution in [3.05, 3.63) is 28.3 Å². The molecule has 0 aliphatic rings. The minimum absolute atomic E-state index is 0.300. The molecule has 0 saturated heterocycles. The van der Waals surface area contributed by atoms with Gasteiger partial charge < -0.3 is 10.3 Å². The number of nitrogen functional groups attached to an aromatic ring is 1. The average Bonchev–Trinajstić information content (AvgIpc) is 2.02. The molecule has 8 heteroatoms. The summed E-state index contributed by atoms with van der Waals surface area (Å²) in [6.07, 6.45) is 0. The zero-order valence-electron chi connectivity index (χ0n) is 6.71. The van der Waals surface area contributed by atoms with E-state index in [2.05, 4.69) is 0 Å². The Balaban J connectivity index is 3.44. The van der Waals surface area contributed by atoms with Crippen LogP contribution in [-0.4, -0.2) is 17.9 Å². The Morgan fingerprint density at radius 3 is 2.36 bits per heavy atom. The molecule has 7 nitrogen and oxygen atoms in total. The Kier molecular flexibility index (Phi) is 2.41. The third-order valence-electron chi connectivity index (χ3n) is 1.48. The molecule has 0 bridgehead atoms. The summed E-state index contributed by atoms with van der Waals surface area (Å²) in [7, 11) is -4.77. The zero-order chi connectivity index (χ0) is 10.9. The lowest BCUT2D eigenvalue weighted by atomic mass is 10.3. The predicted molar refractivity (Wildman–Crippen MR) is 45.5 cm³/mol. The van der Waals surface area contributed by atoms with Gasteiger partial charge in [0.1, 0.15) is 10.1 Å². The average molecular weight is 217 g/mol. The summed E-state index contributed by atoms with van der Waals surface area (Å²) >= 11 is 0. The van der Waals surface area contributed by atoms with Crippen molar-refractivity contribution in [2.75, 3.05) is 5.73 Å². The normalized spacial score (nSPS) is 11.2. The van der Waals surface area contributed by atoms with Crippen LogP contribution in [0.2, 0.25) is 0 Å². The maximum absolute atomic E-state index is 10.6. The van der Waals surface area contributed by atoms with Crippen LogP contribution in [0.15, 0.2) is 23.1 Å². The predicted octanol–water partition coefficient (Wildman–Crippen LogP) is 0.0811. The fourth-order valence-corrected chi connectivity index (χ4v) is 1.47. The summed E-state index contributed by atoms with van der Waals surface area (Å²) in [5.74, 6) is 0. The number of hydrogen-bond acceptors (Lipinski definition) is 6. The first kappa shape index (κ1) is 10.4. The smallest absolute Gasteiger partial charge is 0.270 e. The minimum atomic E-state index is -4.77. The standard InChI is InChI=1S/C6H6N2O5S/c7-5-2-1-4(8(9)10)3-6(5)14(11,12)13/h1-3H,7H2,(H,11,12,13)/p-1. The van der Waals surface area contributed by atoms with E-state index in [1.54, 1.807) is 0 Å². The van der Waals surface area contributed by atoms with Gasteiger partial charge in [0.25, 0.3) is 5.69 Å². The molecule has 14 heavy (non-hydrogen) atoms. The third-order valence-corrected chi connectivity index (χ3v) is 2.37. The topological polar surface area (TPSA) is 126 Å². The molecule has 0 saturated carbocycles. The summed E-state index contributed by atoms with van der Waals surface area (Å²) < 4.78 is 31.7. The van der Waals surface area contributed by atoms with Crippen LogP contribution in [0.5, 0.6) is 0 Å². The number of non-ortho nitro benzene ring substituents is 1. The molecule has 0 radical (unpaired) electrons. The second-order valence-corrected chi connectivity index (χ2v) is 3.78. The van der Waals surface area contributed by atoms with E-state index in [9.17, 15) is 23.1 Å². The van der Waals surface area contributed by atoms with E-state index >= 15 is 0 Å². The second kappa shape index (κ2) is 3.24. The molecule has 0 aliphatic carbocycles. The maximum atomic E-state index is 10.6. The molecular formula is C6H5N2O5S-. The quantitative estimate of drug-likeness (QED) is 0.323. The molecule has 76 valence electrons. The summed E-state index contributed by atoms with van der Waals surface area (Å²) in [6, 6.07) is 2.66. The highest BCUT2D eigenvalue weighted by Gasteiger charge is 2.13. The zero-order valence-corrected chi connectivity index (χ0v) is 7.52. The number of nitrogens with zero attached hydrogens (tertiary/aromatic N) is 1. The summed E-state index contributed by atoms with van der Waals surface area (Å²) in [4.78, 5) is 8.68. The molecular weight excluding hydrogens is 212 g/mol. The van der Waals surface area contributed by atoms with Gasteiger partial charge in [-0.2, -0.15) is 0 Å². The van der Waals surface area contributed by atoms with Crippen molar-refractivity contribution >= 4 is 21.5 Å². The van der Waals surface area contributed by atoms with E-state index in [1.165, 1.54) is 0 Å². The summed E-state index contributed by atoms with van der Waals surface area (Å²) in [5, 5.41) is 10.3. The van der Waals surface area contributed by atoms with Crippen LogP contribution in [0.1, 0.15) is 0 Å². The van der Waals surface area contributed by atoms with Gasteiger partial charge in [0.05, 0.1) is 9.82 Å². The van der Waals surface area contributed by atoms with Crippen LogP contribution < -0.4 is 5.73 Å². The Bertz CT molecular complexity index is 481. The number of nitro benzene ring substituents is 1. The Morgan fingerprint density at radius 2 is 1.93 bits per heavy atom. The molecule has 1 aromatic carbocycles. The van der Waals surface area contributed by atoms with Crippen molar-refractivity contribution in [2.45, 2.75) is 4.90 Å². The SMILES string of the molecule is Nc1ccc([N+](=O)[O-])cc1S(=O)(=O)[O-]. The maximum Gasteiger partial charge on any atom is 0.270 e. The molecule has 0 atom stereocenters. The fraction of sp³-hybridized carbons (Fsp3) is 0. The molecule has 0 amide bonds. The third kappa shape index (κ3) is 1.98. The van der Waals surface area contributed by atoms with Crippen LogP contribution in [0.4, 0.5) is 11.4 Å².